The second kappa shape index (κ2) is 12.6. The van der Waals surface area contributed by atoms with E-state index < -0.39 is 0 Å². The van der Waals surface area contributed by atoms with Gasteiger partial charge in [0.1, 0.15) is 0 Å². The molecule has 1 radical (unpaired) electrons. The second-order valence-corrected chi connectivity index (χ2v) is 10.4. The fraction of sp³-hybridized carbons (Fsp3) is 0.741. The molecule has 5 unspecified atom stereocenters. The normalized spacial score (nSPS) is 39.6. The van der Waals surface area contributed by atoms with E-state index in [0.717, 1.165) is 44.1 Å². The number of nitrogens with zero attached hydrogens (tertiary/aromatic N) is 2. The summed E-state index contributed by atoms with van der Waals surface area (Å²) < 4.78 is 0. The van der Waals surface area contributed by atoms with Gasteiger partial charge in [-0.25, -0.2) is 0 Å². The molecule has 7 atom stereocenters. The summed E-state index contributed by atoms with van der Waals surface area (Å²) in [6, 6.07) is 2.27. The molecule has 3 aliphatic carbocycles. The van der Waals surface area contributed by atoms with E-state index in [1.165, 1.54) is 37.8 Å². The molecule has 0 bridgehead atoms. The Labute approximate surface area is 209 Å². The predicted octanol–water partition coefficient (Wildman–Crippen LogP) is 5.56. The van der Waals surface area contributed by atoms with E-state index in [1.807, 2.05) is 13.0 Å². The first-order valence-electron chi connectivity index (χ1n) is 12.5. The van der Waals surface area contributed by atoms with Crippen molar-refractivity contribution in [1.82, 2.24) is 0 Å². The molecule has 1 heterocycles. The summed E-state index contributed by atoms with van der Waals surface area (Å²) in [7, 11) is 0. The molecule has 4 N–H and O–H groups in total. The maximum Gasteiger partial charge on any atom is 1.00 e. The number of hydrogen-bond acceptors (Lipinski definition) is 4. The third-order valence-electron chi connectivity index (χ3n) is 8.74. The third kappa shape index (κ3) is 6.00. The second-order valence-electron chi connectivity index (χ2n) is 10.4. The van der Waals surface area contributed by atoms with Crippen LogP contribution in [0.1, 0.15) is 78.1 Å². The molecule has 4 rings (SSSR count). The molecule has 0 amide bonds. The van der Waals surface area contributed by atoms with Gasteiger partial charge in [0.05, 0.1) is 6.07 Å². The molecular weight excluding hydrogens is 571 g/mol. The Bertz CT molecular complexity index is 736. The van der Waals surface area contributed by atoms with Crippen LogP contribution in [-0.2, 0) is 19.8 Å². The molecular formula is C27H43N4Os. The van der Waals surface area contributed by atoms with Crippen molar-refractivity contribution in [3.63, 3.8) is 0 Å². The van der Waals surface area contributed by atoms with Crippen molar-refractivity contribution in [3.8, 4) is 6.07 Å². The zero-order chi connectivity index (χ0) is 22.4. The van der Waals surface area contributed by atoms with Crippen LogP contribution in [0.25, 0.3) is 0 Å². The standard InChI is InChI=1S/C24H38N3.C3H5N.Os/c1-16-12-19(26)9-10-24(16,2)22-8-7-17-14-23-18(6-4-3-5-11-27-23)13-20(17)21(22)15-25;1-2-3-4;/h3-4,11,16-17,19-22H,1,5-10,12-15,25-26H2,2H3;2H2,1H3;/q-1;;+1/b4-3-,27-11?;;/t16?,17?,19-,20?,21?,22-,24?;;/m1../s1. The molecule has 2 saturated carbocycles. The van der Waals surface area contributed by atoms with Crippen LogP contribution in [0.2, 0.25) is 0 Å². The number of hydrogen-bond donors (Lipinski definition) is 2. The van der Waals surface area contributed by atoms with Gasteiger partial charge < -0.3 is 18.4 Å². The van der Waals surface area contributed by atoms with E-state index in [0.29, 0.717) is 35.6 Å². The summed E-state index contributed by atoms with van der Waals surface area (Å²) in [5.41, 5.74) is 16.0. The van der Waals surface area contributed by atoms with Crippen molar-refractivity contribution < 1.29 is 19.8 Å². The number of allylic oxidation sites excluding steroid dienone is 4. The summed E-state index contributed by atoms with van der Waals surface area (Å²) in [4.78, 5) is 4.84. The Hall–Kier alpha value is -0.804. The molecule has 5 heteroatoms. The molecule has 32 heavy (non-hydrogen) atoms. The van der Waals surface area contributed by atoms with E-state index in [2.05, 4.69) is 32.2 Å². The fourth-order valence-corrected chi connectivity index (χ4v) is 6.83. The maximum absolute atomic E-state index is 7.62. The Morgan fingerprint density at radius 2 is 2.00 bits per heavy atom. The summed E-state index contributed by atoms with van der Waals surface area (Å²) in [6.07, 6.45) is 17.9. The third-order valence-corrected chi connectivity index (χ3v) is 8.74. The van der Waals surface area contributed by atoms with Gasteiger partial charge in [-0.3, -0.25) is 4.99 Å². The van der Waals surface area contributed by atoms with Crippen molar-refractivity contribution in [2.45, 2.75) is 84.1 Å². The fourth-order valence-electron chi connectivity index (χ4n) is 6.83. The number of nitriles is 1. The van der Waals surface area contributed by atoms with Crippen LogP contribution >= 0.6 is 0 Å². The van der Waals surface area contributed by atoms with E-state index in [1.54, 1.807) is 5.57 Å². The van der Waals surface area contributed by atoms with E-state index in [4.69, 9.17) is 21.7 Å². The van der Waals surface area contributed by atoms with Gasteiger partial charge in [0.2, 0.25) is 0 Å². The molecule has 179 valence electrons. The summed E-state index contributed by atoms with van der Waals surface area (Å²) in [5.74, 6) is 3.29. The molecule has 0 spiro atoms. The van der Waals surface area contributed by atoms with Gasteiger partial charge in [0.25, 0.3) is 0 Å². The molecule has 1 aliphatic heterocycles. The topological polar surface area (TPSA) is 88.2 Å². The van der Waals surface area contributed by atoms with Crippen molar-refractivity contribution in [2.24, 2.45) is 51.5 Å². The van der Waals surface area contributed by atoms with Gasteiger partial charge in [-0.05, 0) is 80.7 Å². The maximum atomic E-state index is 7.62. The van der Waals surface area contributed by atoms with Crippen LogP contribution in [0, 0.1) is 53.3 Å². The Balaban J connectivity index is 0.000000672. The first kappa shape index (κ1) is 27.4. The average Bonchev–Trinajstić information content (AvgIpc) is 2.76. The molecule has 0 saturated heterocycles. The Morgan fingerprint density at radius 1 is 1.25 bits per heavy atom. The van der Waals surface area contributed by atoms with E-state index in [-0.39, 0.29) is 19.8 Å². The zero-order valence-corrected chi connectivity index (χ0v) is 22.6. The number of aliphatic imine (C=N–C) groups is 1. The Kier molecular flexibility index (Phi) is 10.8. The largest absolute Gasteiger partial charge is 1.00 e. The first-order chi connectivity index (χ1) is 14.9. The smallest absolute Gasteiger partial charge is 0.340 e. The van der Waals surface area contributed by atoms with Crippen LogP contribution in [0.3, 0.4) is 0 Å². The minimum atomic E-state index is 0. The Morgan fingerprint density at radius 3 is 2.66 bits per heavy atom. The van der Waals surface area contributed by atoms with Gasteiger partial charge in [0.15, 0.2) is 0 Å². The predicted molar refractivity (Wildman–Crippen MR) is 130 cm³/mol. The molecule has 2 fully saturated rings. The van der Waals surface area contributed by atoms with Crippen LogP contribution in [0.15, 0.2) is 28.4 Å². The average molecular weight is 614 g/mol. The van der Waals surface area contributed by atoms with E-state index >= 15 is 0 Å². The molecule has 4 nitrogen and oxygen atoms in total. The van der Waals surface area contributed by atoms with Crippen LogP contribution in [0.5, 0.6) is 0 Å². The number of fused-ring (bicyclic) bond motifs is 1. The first-order valence-corrected chi connectivity index (χ1v) is 12.5. The minimum Gasteiger partial charge on any atom is -0.340 e. The number of nitrogens with two attached hydrogens (primary N) is 2. The van der Waals surface area contributed by atoms with Gasteiger partial charge in [-0.2, -0.15) is 11.2 Å². The summed E-state index contributed by atoms with van der Waals surface area (Å²) >= 11 is 0. The van der Waals surface area contributed by atoms with Crippen LogP contribution < -0.4 is 11.5 Å². The summed E-state index contributed by atoms with van der Waals surface area (Å²) in [5, 5.41) is 7.62. The van der Waals surface area contributed by atoms with Gasteiger partial charge >= 0.3 is 19.8 Å². The molecule has 0 aromatic heterocycles. The molecule has 4 aliphatic rings. The summed E-state index contributed by atoms with van der Waals surface area (Å²) in [6.45, 7) is 9.72. The van der Waals surface area contributed by atoms with Crippen molar-refractivity contribution in [3.05, 3.63) is 30.3 Å². The molecule has 0 aromatic carbocycles. The van der Waals surface area contributed by atoms with Crippen LogP contribution in [-0.4, -0.2) is 18.8 Å². The van der Waals surface area contributed by atoms with Gasteiger partial charge in [-0.1, -0.05) is 37.8 Å². The number of rotatable bonds is 2. The quantitative estimate of drug-likeness (QED) is 0.316. The van der Waals surface area contributed by atoms with E-state index in [9.17, 15) is 0 Å². The van der Waals surface area contributed by atoms with Crippen LogP contribution in [0.4, 0.5) is 0 Å². The van der Waals surface area contributed by atoms with Crippen molar-refractivity contribution in [1.29, 1.82) is 5.26 Å². The molecule has 0 aromatic rings. The SMILES string of the molecule is CCC#N.[CH2-]C1C[C@H](N)CCC1(C)[C@@H]1CCC2CC3=C(C/C=C\CC=N3)CC2C1CN.[Os+]. The van der Waals surface area contributed by atoms with Crippen molar-refractivity contribution in [2.75, 3.05) is 6.54 Å². The van der Waals surface area contributed by atoms with Crippen molar-refractivity contribution >= 4 is 6.21 Å². The van der Waals surface area contributed by atoms with Gasteiger partial charge in [0, 0.05) is 30.8 Å². The van der Waals surface area contributed by atoms with Gasteiger partial charge in [-0.15, -0.1) is 0 Å². The minimum absolute atomic E-state index is 0. The monoisotopic (exact) mass is 615 g/mol. The zero-order valence-electron chi connectivity index (χ0n) is 20.1.